The molecular formula is C31H29N3OS. The van der Waals surface area contributed by atoms with Crippen LogP contribution in [0.1, 0.15) is 47.8 Å². The Morgan fingerprint density at radius 2 is 1.53 bits per heavy atom. The SMILES string of the molecule is Cc1ccc(-c2cc(C(=O)Nc3nc(-c4ccc(C(C)(C)C)cc4)cs3)c3ccccc3n2)cc1C. The Balaban J connectivity index is 1.45. The lowest BCUT2D eigenvalue weighted by atomic mass is 9.86. The number of para-hydroxylation sites is 1. The second-order valence-corrected chi connectivity index (χ2v) is 11.0. The molecule has 1 amide bonds. The Labute approximate surface area is 216 Å². The molecule has 5 rings (SSSR count). The summed E-state index contributed by atoms with van der Waals surface area (Å²) >= 11 is 1.43. The van der Waals surface area contributed by atoms with Gasteiger partial charge in [-0.2, -0.15) is 0 Å². The summed E-state index contributed by atoms with van der Waals surface area (Å²) in [6, 6.07) is 24.4. The van der Waals surface area contributed by atoms with Crippen molar-refractivity contribution in [2.75, 3.05) is 5.32 Å². The number of hydrogen-bond acceptors (Lipinski definition) is 4. The van der Waals surface area contributed by atoms with Gasteiger partial charge in [0, 0.05) is 21.9 Å². The molecule has 0 saturated carbocycles. The van der Waals surface area contributed by atoms with Crippen LogP contribution in [0.4, 0.5) is 5.13 Å². The van der Waals surface area contributed by atoms with Gasteiger partial charge in [-0.05, 0) is 54.2 Å². The van der Waals surface area contributed by atoms with Crippen LogP contribution in [0.2, 0.25) is 0 Å². The molecule has 5 heteroatoms. The van der Waals surface area contributed by atoms with Gasteiger partial charge in [0.1, 0.15) is 0 Å². The summed E-state index contributed by atoms with van der Waals surface area (Å²) in [5.74, 6) is -0.192. The van der Waals surface area contributed by atoms with Crippen molar-refractivity contribution in [3.63, 3.8) is 0 Å². The number of hydrogen-bond donors (Lipinski definition) is 1. The predicted molar refractivity (Wildman–Crippen MR) is 151 cm³/mol. The van der Waals surface area contributed by atoms with Gasteiger partial charge in [0.25, 0.3) is 5.91 Å². The molecule has 2 heterocycles. The van der Waals surface area contributed by atoms with E-state index in [1.807, 2.05) is 35.7 Å². The number of pyridine rings is 1. The molecule has 2 aromatic heterocycles. The maximum absolute atomic E-state index is 13.5. The molecular weight excluding hydrogens is 462 g/mol. The number of aromatic nitrogens is 2. The molecule has 0 fully saturated rings. The topological polar surface area (TPSA) is 54.9 Å². The smallest absolute Gasteiger partial charge is 0.258 e. The minimum Gasteiger partial charge on any atom is -0.298 e. The van der Waals surface area contributed by atoms with Gasteiger partial charge in [-0.1, -0.05) is 75.4 Å². The van der Waals surface area contributed by atoms with E-state index >= 15 is 0 Å². The van der Waals surface area contributed by atoms with Crippen molar-refractivity contribution in [2.24, 2.45) is 0 Å². The number of carbonyl (C=O) groups is 1. The van der Waals surface area contributed by atoms with E-state index in [4.69, 9.17) is 9.97 Å². The molecule has 0 saturated heterocycles. The maximum atomic E-state index is 13.5. The molecule has 0 radical (unpaired) electrons. The predicted octanol–water partition coefficient (Wildman–Crippen LogP) is 8.19. The molecule has 0 aliphatic rings. The molecule has 180 valence electrons. The summed E-state index contributed by atoms with van der Waals surface area (Å²) in [7, 11) is 0. The third kappa shape index (κ3) is 4.79. The molecule has 1 N–H and O–H groups in total. The number of fused-ring (bicyclic) bond motifs is 1. The third-order valence-electron chi connectivity index (χ3n) is 6.53. The Kier molecular flexibility index (Phi) is 6.19. The molecule has 0 aliphatic heterocycles. The van der Waals surface area contributed by atoms with Crippen molar-refractivity contribution >= 4 is 33.3 Å². The van der Waals surface area contributed by atoms with E-state index < -0.39 is 0 Å². The van der Waals surface area contributed by atoms with Crippen LogP contribution >= 0.6 is 11.3 Å². The second-order valence-electron chi connectivity index (χ2n) is 10.2. The van der Waals surface area contributed by atoms with E-state index in [2.05, 4.69) is 82.4 Å². The van der Waals surface area contributed by atoms with Crippen molar-refractivity contribution < 1.29 is 4.79 Å². The van der Waals surface area contributed by atoms with Crippen LogP contribution in [0.15, 0.2) is 78.2 Å². The average Bonchev–Trinajstić information content (AvgIpc) is 3.33. The van der Waals surface area contributed by atoms with Crippen LogP contribution in [-0.2, 0) is 5.41 Å². The Morgan fingerprint density at radius 3 is 2.25 bits per heavy atom. The van der Waals surface area contributed by atoms with E-state index in [1.165, 1.54) is 28.0 Å². The Morgan fingerprint density at radius 1 is 0.806 bits per heavy atom. The van der Waals surface area contributed by atoms with E-state index in [0.717, 1.165) is 33.4 Å². The van der Waals surface area contributed by atoms with Gasteiger partial charge < -0.3 is 0 Å². The normalized spacial score (nSPS) is 11.6. The fourth-order valence-electron chi connectivity index (χ4n) is 4.18. The number of thiazole rings is 1. The summed E-state index contributed by atoms with van der Waals surface area (Å²) in [5, 5.41) is 6.38. The third-order valence-corrected chi connectivity index (χ3v) is 7.29. The molecule has 0 aliphatic carbocycles. The average molecular weight is 492 g/mol. The highest BCUT2D eigenvalue weighted by Crippen LogP contribution is 2.30. The van der Waals surface area contributed by atoms with Gasteiger partial charge in [0.05, 0.1) is 22.5 Å². The van der Waals surface area contributed by atoms with Gasteiger partial charge in [0.2, 0.25) is 0 Å². The van der Waals surface area contributed by atoms with Crippen LogP contribution in [0.3, 0.4) is 0 Å². The van der Waals surface area contributed by atoms with Crippen molar-refractivity contribution in [1.29, 1.82) is 0 Å². The number of carbonyl (C=O) groups excluding carboxylic acids is 1. The zero-order chi connectivity index (χ0) is 25.4. The number of anilines is 1. The largest absolute Gasteiger partial charge is 0.298 e. The van der Waals surface area contributed by atoms with Crippen molar-refractivity contribution in [2.45, 2.75) is 40.0 Å². The van der Waals surface area contributed by atoms with Crippen molar-refractivity contribution in [1.82, 2.24) is 9.97 Å². The van der Waals surface area contributed by atoms with Gasteiger partial charge >= 0.3 is 0 Å². The highest BCUT2D eigenvalue weighted by Gasteiger charge is 2.17. The number of amides is 1. The van der Waals surface area contributed by atoms with Crippen molar-refractivity contribution in [3.05, 3.63) is 100 Å². The van der Waals surface area contributed by atoms with Gasteiger partial charge in [-0.25, -0.2) is 9.97 Å². The van der Waals surface area contributed by atoms with Gasteiger partial charge in [0.15, 0.2) is 5.13 Å². The van der Waals surface area contributed by atoms with Gasteiger partial charge in [-0.15, -0.1) is 11.3 Å². The van der Waals surface area contributed by atoms with E-state index in [9.17, 15) is 4.79 Å². The minimum atomic E-state index is -0.192. The summed E-state index contributed by atoms with van der Waals surface area (Å²) in [6.45, 7) is 10.8. The van der Waals surface area contributed by atoms with E-state index in [-0.39, 0.29) is 11.3 Å². The first-order valence-corrected chi connectivity index (χ1v) is 12.9. The number of rotatable bonds is 4. The number of benzene rings is 3. The molecule has 36 heavy (non-hydrogen) atoms. The lowest BCUT2D eigenvalue weighted by Crippen LogP contribution is -2.13. The highest BCUT2D eigenvalue weighted by atomic mass is 32.1. The first-order valence-electron chi connectivity index (χ1n) is 12.0. The zero-order valence-electron chi connectivity index (χ0n) is 21.2. The standard InChI is InChI=1S/C31H29N3OS/c1-19-10-11-22(16-20(19)2)27-17-25(24-8-6-7-9-26(24)32-27)29(35)34-30-33-28(18-36-30)21-12-14-23(15-13-21)31(3,4)5/h6-18H,1-5H3,(H,33,34,35). The fourth-order valence-corrected chi connectivity index (χ4v) is 4.90. The van der Waals surface area contributed by atoms with Crippen molar-refractivity contribution in [3.8, 4) is 22.5 Å². The summed E-state index contributed by atoms with van der Waals surface area (Å²) in [6.07, 6.45) is 0. The number of nitrogens with one attached hydrogen (secondary N) is 1. The van der Waals surface area contributed by atoms with Crippen LogP contribution < -0.4 is 5.32 Å². The lowest BCUT2D eigenvalue weighted by Gasteiger charge is -2.18. The molecule has 0 bridgehead atoms. The van der Waals surface area contributed by atoms with Gasteiger partial charge in [-0.3, -0.25) is 10.1 Å². The van der Waals surface area contributed by atoms with Crippen LogP contribution in [0, 0.1) is 13.8 Å². The molecule has 0 unspecified atom stereocenters. The first kappa shape index (κ1) is 23.9. The zero-order valence-corrected chi connectivity index (χ0v) is 22.0. The van der Waals surface area contributed by atoms with Crippen LogP contribution in [0.25, 0.3) is 33.4 Å². The number of nitrogens with zero attached hydrogens (tertiary/aromatic N) is 2. The molecule has 0 spiro atoms. The second kappa shape index (κ2) is 9.32. The van der Waals surface area contributed by atoms with Crippen LogP contribution in [-0.4, -0.2) is 15.9 Å². The fraction of sp³-hybridized carbons (Fsp3) is 0.194. The molecule has 5 aromatic rings. The molecule has 4 nitrogen and oxygen atoms in total. The number of aryl methyl sites for hydroxylation is 2. The van der Waals surface area contributed by atoms with E-state index in [1.54, 1.807) is 0 Å². The lowest BCUT2D eigenvalue weighted by molar-refractivity contribution is 0.102. The summed E-state index contributed by atoms with van der Waals surface area (Å²) in [5.41, 5.74) is 8.83. The Hall–Kier alpha value is -3.83. The molecule has 0 atom stereocenters. The molecule has 3 aromatic carbocycles. The summed E-state index contributed by atoms with van der Waals surface area (Å²) in [4.78, 5) is 23.0. The maximum Gasteiger partial charge on any atom is 0.258 e. The van der Waals surface area contributed by atoms with Crippen LogP contribution in [0.5, 0.6) is 0 Å². The quantitative estimate of drug-likeness (QED) is 0.276. The Bertz CT molecular complexity index is 1580. The highest BCUT2D eigenvalue weighted by molar-refractivity contribution is 7.14. The summed E-state index contributed by atoms with van der Waals surface area (Å²) < 4.78 is 0. The van der Waals surface area contributed by atoms with E-state index in [0.29, 0.717) is 10.7 Å². The minimum absolute atomic E-state index is 0.100. The monoisotopic (exact) mass is 491 g/mol. The first-order chi connectivity index (χ1) is 17.2.